The van der Waals surface area contributed by atoms with Gasteiger partial charge in [-0.25, -0.2) is 4.98 Å². The molecule has 0 aliphatic carbocycles. The number of pyridine rings is 2. The summed E-state index contributed by atoms with van der Waals surface area (Å²) >= 11 is 0. The number of morpholine rings is 1. The van der Waals surface area contributed by atoms with Crippen molar-refractivity contribution in [1.29, 1.82) is 0 Å². The Morgan fingerprint density at radius 1 is 1.12 bits per heavy atom. The molecule has 0 spiro atoms. The maximum Gasteiger partial charge on any atom is 0.248 e. The lowest BCUT2D eigenvalue weighted by molar-refractivity contribution is -0.0354. The minimum Gasteiger partial charge on any atom is -0.369 e. The second-order valence-corrected chi connectivity index (χ2v) is 8.56. The number of amides is 1. The Kier molecular flexibility index (Phi) is 5.66. The third-order valence-electron chi connectivity index (χ3n) is 6.15. The molecule has 7 heteroatoms. The molecule has 1 aromatic carbocycles. The number of aryl methyl sites for hydroxylation is 2. The minimum atomic E-state index is -0.447. The van der Waals surface area contributed by atoms with Crippen molar-refractivity contribution in [3.8, 4) is 11.3 Å². The fraction of sp³-hybridized carbons (Fsp3) is 0.269. The minimum absolute atomic E-state index is 0.125. The van der Waals surface area contributed by atoms with Crippen molar-refractivity contribution >= 4 is 11.6 Å². The highest BCUT2D eigenvalue weighted by atomic mass is 16.5. The fourth-order valence-electron chi connectivity index (χ4n) is 4.37. The van der Waals surface area contributed by atoms with Crippen LogP contribution in [0.3, 0.4) is 0 Å². The fourth-order valence-corrected chi connectivity index (χ4v) is 4.37. The first-order chi connectivity index (χ1) is 16.0. The Morgan fingerprint density at radius 3 is 2.82 bits per heavy atom. The van der Waals surface area contributed by atoms with E-state index in [0.717, 1.165) is 47.9 Å². The van der Waals surface area contributed by atoms with Crippen LogP contribution < -0.4 is 5.73 Å². The standard InChI is InChI=1S/C26H27N5O2/c1-17-9-10-31-23(18(2)28-25(31)13-17)15-30-11-12-33-24(16-30)22-8-4-7-21(29-22)19-5-3-6-20(14-19)26(27)32/h3-10,13-14,24H,11-12,15-16H2,1-2H3,(H2,27,32)/t24-/m0/s1. The van der Waals surface area contributed by atoms with Gasteiger partial charge in [0, 0.05) is 37.0 Å². The van der Waals surface area contributed by atoms with Gasteiger partial charge in [0.1, 0.15) is 11.8 Å². The highest BCUT2D eigenvalue weighted by Gasteiger charge is 2.25. The van der Waals surface area contributed by atoms with E-state index in [-0.39, 0.29) is 6.10 Å². The van der Waals surface area contributed by atoms with Gasteiger partial charge in [0.15, 0.2) is 0 Å². The van der Waals surface area contributed by atoms with Gasteiger partial charge in [-0.3, -0.25) is 14.7 Å². The molecule has 1 atom stereocenters. The first-order valence-electron chi connectivity index (χ1n) is 11.1. The number of carbonyl (C=O) groups is 1. The molecule has 0 saturated carbocycles. The molecule has 0 unspecified atom stereocenters. The third kappa shape index (κ3) is 4.37. The average Bonchev–Trinajstić information content (AvgIpc) is 3.13. The molecule has 33 heavy (non-hydrogen) atoms. The number of hydrogen-bond acceptors (Lipinski definition) is 5. The molecule has 3 aromatic heterocycles. The largest absolute Gasteiger partial charge is 0.369 e. The Bertz CT molecular complexity index is 1330. The summed E-state index contributed by atoms with van der Waals surface area (Å²) in [6.45, 7) is 7.20. The van der Waals surface area contributed by atoms with Gasteiger partial charge in [0.05, 0.1) is 29.4 Å². The summed E-state index contributed by atoms with van der Waals surface area (Å²) in [5, 5.41) is 0. The number of hydrogen-bond donors (Lipinski definition) is 1. The zero-order valence-electron chi connectivity index (χ0n) is 18.9. The molecule has 0 bridgehead atoms. The molecule has 7 nitrogen and oxygen atoms in total. The van der Waals surface area contributed by atoms with Crippen LogP contribution in [0.4, 0.5) is 0 Å². The van der Waals surface area contributed by atoms with Crippen molar-refractivity contribution in [1.82, 2.24) is 19.3 Å². The van der Waals surface area contributed by atoms with Gasteiger partial charge in [-0.1, -0.05) is 18.2 Å². The number of benzene rings is 1. The van der Waals surface area contributed by atoms with Gasteiger partial charge >= 0.3 is 0 Å². The first kappa shape index (κ1) is 21.3. The Labute approximate surface area is 192 Å². The van der Waals surface area contributed by atoms with Crippen LogP contribution in [0, 0.1) is 13.8 Å². The van der Waals surface area contributed by atoms with Gasteiger partial charge in [0.2, 0.25) is 5.91 Å². The summed E-state index contributed by atoms with van der Waals surface area (Å²) in [5.74, 6) is -0.447. The van der Waals surface area contributed by atoms with Crippen LogP contribution in [0.5, 0.6) is 0 Å². The maximum atomic E-state index is 11.6. The van der Waals surface area contributed by atoms with Gasteiger partial charge in [-0.15, -0.1) is 0 Å². The van der Waals surface area contributed by atoms with Crippen molar-refractivity contribution in [2.45, 2.75) is 26.5 Å². The van der Waals surface area contributed by atoms with E-state index < -0.39 is 5.91 Å². The second-order valence-electron chi connectivity index (χ2n) is 8.56. The summed E-state index contributed by atoms with van der Waals surface area (Å²) in [5.41, 5.74) is 12.9. The Morgan fingerprint density at radius 2 is 1.97 bits per heavy atom. The van der Waals surface area contributed by atoms with E-state index in [9.17, 15) is 4.79 Å². The number of nitrogens with two attached hydrogens (primary N) is 1. The van der Waals surface area contributed by atoms with Crippen molar-refractivity contribution in [2.75, 3.05) is 19.7 Å². The molecule has 5 rings (SSSR count). The number of imidazole rings is 1. The zero-order valence-corrected chi connectivity index (χ0v) is 18.9. The number of rotatable bonds is 5. The number of nitrogens with zero attached hydrogens (tertiary/aromatic N) is 4. The molecule has 1 saturated heterocycles. The normalized spacial score (nSPS) is 16.8. The predicted molar refractivity (Wildman–Crippen MR) is 127 cm³/mol. The van der Waals surface area contributed by atoms with Crippen LogP contribution in [0.15, 0.2) is 60.8 Å². The number of fused-ring (bicyclic) bond motifs is 1. The van der Waals surface area contributed by atoms with E-state index in [1.807, 2.05) is 30.3 Å². The van der Waals surface area contributed by atoms with E-state index in [1.54, 1.807) is 12.1 Å². The molecule has 168 valence electrons. The van der Waals surface area contributed by atoms with E-state index >= 15 is 0 Å². The monoisotopic (exact) mass is 441 g/mol. The van der Waals surface area contributed by atoms with Crippen LogP contribution in [0.2, 0.25) is 0 Å². The second kappa shape index (κ2) is 8.77. The summed E-state index contributed by atoms with van der Waals surface area (Å²) in [6.07, 6.45) is 1.98. The molecule has 0 radical (unpaired) electrons. The lowest BCUT2D eigenvalue weighted by Crippen LogP contribution is -2.38. The van der Waals surface area contributed by atoms with Crippen molar-refractivity contribution in [3.05, 3.63) is 89.0 Å². The highest BCUT2D eigenvalue weighted by molar-refractivity contribution is 5.94. The Hall–Kier alpha value is -3.55. The zero-order chi connectivity index (χ0) is 22.9. The topological polar surface area (TPSA) is 85.8 Å². The van der Waals surface area contributed by atoms with Crippen LogP contribution in [0.25, 0.3) is 16.9 Å². The van der Waals surface area contributed by atoms with Crippen LogP contribution in [-0.4, -0.2) is 44.9 Å². The number of primary amides is 1. The van der Waals surface area contributed by atoms with Crippen LogP contribution >= 0.6 is 0 Å². The van der Waals surface area contributed by atoms with Crippen molar-refractivity contribution < 1.29 is 9.53 Å². The summed E-state index contributed by atoms with van der Waals surface area (Å²) in [6, 6.07) is 17.4. The first-order valence-corrected chi connectivity index (χ1v) is 11.1. The Balaban J connectivity index is 1.37. The summed E-state index contributed by atoms with van der Waals surface area (Å²) in [4.78, 5) is 23.5. The van der Waals surface area contributed by atoms with Gasteiger partial charge in [-0.2, -0.15) is 0 Å². The van der Waals surface area contributed by atoms with Crippen LogP contribution in [-0.2, 0) is 11.3 Å². The molecule has 1 aliphatic rings. The molecule has 4 heterocycles. The molecule has 1 amide bonds. The molecule has 1 aliphatic heterocycles. The number of ether oxygens (including phenoxy) is 1. The summed E-state index contributed by atoms with van der Waals surface area (Å²) < 4.78 is 8.28. The van der Waals surface area contributed by atoms with Gasteiger partial charge in [0.25, 0.3) is 0 Å². The van der Waals surface area contributed by atoms with Gasteiger partial charge < -0.3 is 14.9 Å². The summed E-state index contributed by atoms with van der Waals surface area (Å²) in [7, 11) is 0. The van der Waals surface area contributed by atoms with Crippen LogP contribution in [0.1, 0.15) is 39.1 Å². The maximum absolute atomic E-state index is 11.6. The van der Waals surface area contributed by atoms with E-state index in [2.05, 4.69) is 41.5 Å². The smallest absolute Gasteiger partial charge is 0.248 e. The molecule has 4 aromatic rings. The molecular weight excluding hydrogens is 414 g/mol. The molecule has 1 fully saturated rings. The average molecular weight is 442 g/mol. The van der Waals surface area contributed by atoms with Crippen molar-refractivity contribution in [2.24, 2.45) is 5.73 Å². The third-order valence-corrected chi connectivity index (χ3v) is 6.15. The van der Waals surface area contributed by atoms with Crippen molar-refractivity contribution in [3.63, 3.8) is 0 Å². The molecule has 2 N–H and O–H groups in total. The predicted octanol–water partition coefficient (Wildman–Crippen LogP) is 3.69. The lowest BCUT2D eigenvalue weighted by atomic mass is 10.1. The molecular formula is C26H27N5O2. The van der Waals surface area contributed by atoms with E-state index in [1.165, 1.54) is 11.3 Å². The van der Waals surface area contributed by atoms with Gasteiger partial charge in [-0.05, 0) is 55.8 Å². The highest BCUT2D eigenvalue weighted by Crippen LogP contribution is 2.26. The van der Waals surface area contributed by atoms with E-state index in [4.69, 9.17) is 20.4 Å². The SMILES string of the molecule is Cc1ccn2c(CN3CCO[C@H](c4cccc(-c5cccc(C(N)=O)c5)n4)C3)c(C)nc2c1. The lowest BCUT2D eigenvalue weighted by Gasteiger charge is -2.32. The van der Waals surface area contributed by atoms with E-state index in [0.29, 0.717) is 12.2 Å². The number of carbonyl (C=O) groups excluding carboxylic acids is 1. The number of aromatic nitrogens is 3. The quantitative estimate of drug-likeness (QED) is 0.511.